The van der Waals surface area contributed by atoms with Crippen LogP contribution in [-0.2, 0) is 11.2 Å². The maximum Gasteiger partial charge on any atom is 0.226 e. The molecule has 0 aliphatic carbocycles. The molecule has 4 rings (SSSR count). The van der Waals surface area contributed by atoms with E-state index in [0.717, 1.165) is 28.9 Å². The third kappa shape index (κ3) is 3.07. The highest BCUT2D eigenvalue weighted by molar-refractivity contribution is 7.14. The second kappa shape index (κ2) is 7.02. The molecule has 2 aromatic heterocycles. The zero-order valence-corrected chi connectivity index (χ0v) is 17.3. The minimum absolute atomic E-state index is 0.00327. The van der Waals surface area contributed by atoms with Gasteiger partial charge in [-0.25, -0.2) is 4.68 Å². The van der Waals surface area contributed by atoms with E-state index in [-0.39, 0.29) is 18.1 Å². The standard InChI is InChI=1S/C22H23N3O2S/c1-5-16-8-9-18(28-16)21(27)17-11-19(26)23-22-20(17)14(4)24-25(22)15-7-6-12(2)13(3)10-15/h6-10,17H,5,11H2,1-4H3,(H,23,26)/t17-/m0/s1. The first-order valence-electron chi connectivity index (χ1n) is 9.49. The SMILES string of the molecule is CCc1ccc(C(=O)[C@H]2CC(=O)Nc3c2c(C)nn3-c2ccc(C)c(C)c2)s1. The third-order valence-electron chi connectivity index (χ3n) is 5.41. The Morgan fingerprint density at radius 1 is 1.21 bits per heavy atom. The number of nitrogens with one attached hydrogen (secondary N) is 1. The van der Waals surface area contributed by atoms with Gasteiger partial charge in [-0.2, -0.15) is 5.10 Å². The predicted octanol–water partition coefficient (Wildman–Crippen LogP) is 4.73. The molecule has 3 heterocycles. The van der Waals surface area contributed by atoms with E-state index in [1.807, 2.05) is 37.3 Å². The second-order valence-corrected chi connectivity index (χ2v) is 8.49. The number of rotatable bonds is 4. The summed E-state index contributed by atoms with van der Waals surface area (Å²) >= 11 is 1.51. The van der Waals surface area contributed by atoms with Crippen molar-refractivity contribution in [3.63, 3.8) is 0 Å². The summed E-state index contributed by atoms with van der Waals surface area (Å²) in [5.74, 6) is -0.0262. The van der Waals surface area contributed by atoms with Gasteiger partial charge in [0.25, 0.3) is 0 Å². The van der Waals surface area contributed by atoms with Crippen LogP contribution in [0.1, 0.15) is 56.2 Å². The number of anilines is 1. The van der Waals surface area contributed by atoms with Gasteiger partial charge < -0.3 is 5.32 Å². The minimum atomic E-state index is -0.493. The molecule has 0 spiro atoms. The summed E-state index contributed by atoms with van der Waals surface area (Å²) in [4.78, 5) is 27.6. The molecular weight excluding hydrogens is 370 g/mol. The molecule has 1 atom stereocenters. The number of aromatic nitrogens is 2. The van der Waals surface area contributed by atoms with E-state index in [9.17, 15) is 9.59 Å². The van der Waals surface area contributed by atoms with Gasteiger partial charge in [0.1, 0.15) is 5.82 Å². The van der Waals surface area contributed by atoms with E-state index in [4.69, 9.17) is 0 Å². The molecule has 1 aromatic carbocycles. The van der Waals surface area contributed by atoms with Crippen LogP contribution in [0.3, 0.4) is 0 Å². The van der Waals surface area contributed by atoms with Gasteiger partial charge in [-0.1, -0.05) is 13.0 Å². The molecule has 3 aromatic rings. The highest BCUT2D eigenvalue weighted by atomic mass is 32.1. The Morgan fingerprint density at radius 3 is 2.68 bits per heavy atom. The van der Waals surface area contributed by atoms with Gasteiger partial charge in [-0.15, -0.1) is 11.3 Å². The lowest BCUT2D eigenvalue weighted by atomic mass is 9.87. The zero-order valence-electron chi connectivity index (χ0n) is 16.5. The number of amides is 1. The Bertz CT molecular complexity index is 1090. The fraction of sp³-hybridized carbons (Fsp3) is 0.318. The molecule has 0 bridgehead atoms. The lowest BCUT2D eigenvalue weighted by Crippen LogP contribution is -2.28. The van der Waals surface area contributed by atoms with Crippen LogP contribution in [0.15, 0.2) is 30.3 Å². The molecule has 0 saturated carbocycles. The molecular formula is C22H23N3O2S. The summed E-state index contributed by atoms with van der Waals surface area (Å²) in [6, 6.07) is 9.94. The third-order valence-corrected chi connectivity index (χ3v) is 6.65. The van der Waals surface area contributed by atoms with Crippen LogP contribution in [0.5, 0.6) is 0 Å². The largest absolute Gasteiger partial charge is 0.310 e. The molecule has 0 fully saturated rings. The number of Topliss-reactive ketones (excluding diaryl/α,β-unsaturated/α-hetero) is 1. The van der Waals surface area contributed by atoms with Crippen molar-refractivity contribution >= 4 is 28.8 Å². The number of hydrogen-bond acceptors (Lipinski definition) is 4. The lowest BCUT2D eigenvalue weighted by molar-refractivity contribution is -0.116. The topological polar surface area (TPSA) is 64.0 Å². The normalized spacial score (nSPS) is 16.0. The number of fused-ring (bicyclic) bond motifs is 1. The van der Waals surface area contributed by atoms with E-state index in [2.05, 4.69) is 31.2 Å². The Labute approximate surface area is 168 Å². The van der Waals surface area contributed by atoms with Crippen molar-refractivity contribution in [3.8, 4) is 5.69 Å². The maximum absolute atomic E-state index is 13.2. The van der Waals surface area contributed by atoms with Gasteiger partial charge in [0.15, 0.2) is 5.78 Å². The number of ketones is 1. The van der Waals surface area contributed by atoms with Gasteiger partial charge in [0.2, 0.25) is 5.91 Å². The number of thiophene rings is 1. The van der Waals surface area contributed by atoms with Crippen molar-refractivity contribution < 1.29 is 9.59 Å². The average molecular weight is 394 g/mol. The molecule has 5 nitrogen and oxygen atoms in total. The number of nitrogens with zero attached hydrogens (tertiary/aromatic N) is 2. The Morgan fingerprint density at radius 2 is 2.00 bits per heavy atom. The monoisotopic (exact) mass is 393 g/mol. The van der Waals surface area contributed by atoms with E-state index >= 15 is 0 Å². The molecule has 0 radical (unpaired) electrons. The van der Waals surface area contributed by atoms with Crippen molar-refractivity contribution in [1.29, 1.82) is 0 Å². The van der Waals surface area contributed by atoms with Crippen LogP contribution >= 0.6 is 11.3 Å². The number of hydrogen-bond donors (Lipinski definition) is 1. The molecule has 144 valence electrons. The summed E-state index contributed by atoms with van der Waals surface area (Å²) in [5, 5.41) is 7.62. The van der Waals surface area contributed by atoms with Crippen LogP contribution in [0.2, 0.25) is 0 Å². The van der Waals surface area contributed by atoms with Crippen molar-refractivity contribution in [1.82, 2.24) is 9.78 Å². The average Bonchev–Trinajstić information content (AvgIpc) is 3.28. The Balaban J connectivity index is 1.80. The van der Waals surface area contributed by atoms with Crippen molar-refractivity contribution in [2.45, 2.75) is 46.5 Å². The minimum Gasteiger partial charge on any atom is -0.310 e. The van der Waals surface area contributed by atoms with Crippen LogP contribution in [0, 0.1) is 20.8 Å². The van der Waals surface area contributed by atoms with E-state index < -0.39 is 5.92 Å². The predicted molar refractivity (Wildman–Crippen MR) is 112 cm³/mol. The summed E-state index contributed by atoms with van der Waals surface area (Å²) in [6.45, 7) is 8.09. The number of benzene rings is 1. The Kier molecular flexibility index (Phi) is 4.67. The zero-order chi connectivity index (χ0) is 20.0. The molecule has 1 amide bonds. The number of carbonyl (C=O) groups is 2. The molecule has 1 aliphatic rings. The van der Waals surface area contributed by atoms with E-state index in [0.29, 0.717) is 10.7 Å². The smallest absolute Gasteiger partial charge is 0.226 e. The fourth-order valence-corrected chi connectivity index (χ4v) is 4.63. The highest BCUT2D eigenvalue weighted by Gasteiger charge is 2.36. The van der Waals surface area contributed by atoms with Gasteiger partial charge in [0.05, 0.1) is 22.2 Å². The summed E-state index contributed by atoms with van der Waals surface area (Å²) in [6.07, 6.45) is 1.06. The van der Waals surface area contributed by atoms with Crippen LogP contribution in [-0.4, -0.2) is 21.5 Å². The Hall–Kier alpha value is -2.73. The van der Waals surface area contributed by atoms with Gasteiger partial charge >= 0.3 is 0 Å². The second-order valence-electron chi connectivity index (χ2n) is 7.32. The quantitative estimate of drug-likeness (QED) is 0.652. The number of carbonyl (C=O) groups excluding carboxylic acids is 2. The van der Waals surface area contributed by atoms with Crippen LogP contribution in [0.25, 0.3) is 5.69 Å². The van der Waals surface area contributed by atoms with E-state index in [1.54, 1.807) is 4.68 Å². The molecule has 6 heteroatoms. The first-order valence-corrected chi connectivity index (χ1v) is 10.3. The van der Waals surface area contributed by atoms with Crippen molar-refractivity contribution in [2.24, 2.45) is 0 Å². The first kappa shape index (κ1) is 18.6. The lowest BCUT2D eigenvalue weighted by Gasteiger charge is -2.22. The molecule has 28 heavy (non-hydrogen) atoms. The van der Waals surface area contributed by atoms with Crippen LogP contribution in [0.4, 0.5) is 5.82 Å². The summed E-state index contributed by atoms with van der Waals surface area (Å²) in [5.41, 5.74) is 4.83. The highest BCUT2D eigenvalue weighted by Crippen LogP contribution is 2.39. The van der Waals surface area contributed by atoms with Crippen LogP contribution < -0.4 is 5.32 Å². The number of aryl methyl sites for hydroxylation is 4. The van der Waals surface area contributed by atoms with Crippen molar-refractivity contribution in [3.05, 3.63) is 62.5 Å². The fourth-order valence-electron chi connectivity index (χ4n) is 3.69. The summed E-state index contributed by atoms with van der Waals surface area (Å²) in [7, 11) is 0. The molecule has 0 unspecified atom stereocenters. The van der Waals surface area contributed by atoms with Gasteiger partial charge in [-0.05, 0) is 62.6 Å². The molecule has 1 N–H and O–H groups in total. The van der Waals surface area contributed by atoms with Gasteiger partial charge in [-0.3, -0.25) is 9.59 Å². The van der Waals surface area contributed by atoms with Crippen molar-refractivity contribution in [2.75, 3.05) is 5.32 Å². The molecule has 1 aliphatic heterocycles. The first-order chi connectivity index (χ1) is 13.4. The molecule has 0 saturated heterocycles. The van der Waals surface area contributed by atoms with Gasteiger partial charge in [0, 0.05) is 16.9 Å². The maximum atomic E-state index is 13.2. The summed E-state index contributed by atoms with van der Waals surface area (Å²) < 4.78 is 1.75. The van der Waals surface area contributed by atoms with E-state index in [1.165, 1.54) is 21.8 Å².